The molecule has 0 aliphatic heterocycles. The number of carbonyl (C=O) groups excluding carboxylic acids is 2. The van der Waals surface area contributed by atoms with E-state index in [1.165, 1.54) is 0 Å². The zero-order valence-electron chi connectivity index (χ0n) is 21.2. The molecule has 0 saturated carbocycles. The quantitative estimate of drug-likeness (QED) is 0.195. The highest BCUT2D eigenvalue weighted by Crippen LogP contribution is 2.02. The fourth-order valence-corrected chi connectivity index (χ4v) is 2.68. The molecule has 0 bridgehead atoms. The summed E-state index contributed by atoms with van der Waals surface area (Å²) in [4.78, 5) is 25.5. The van der Waals surface area contributed by atoms with Gasteiger partial charge < -0.3 is 29.2 Å². The molecule has 0 aromatic heterocycles. The van der Waals surface area contributed by atoms with Gasteiger partial charge in [0.05, 0.1) is 51.5 Å². The van der Waals surface area contributed by atoms with Gasteiger partial charge in [0.1, 0.15) is 0 Å². The van der Waals surface area contributed by atoms with Gasteiger partial charge in [-0.3, -0.25) is 9.59 Å². The van der Waals surface area contributed by atoms with Crippen LogP contribution in [0.15, 0.2) is 0 Å². The van der Waals surface area contributed by atoms with Crippen LogP contribution in [0.5, 0.6) is 0 Å². The number of hydrogen-bond donors (Lipinski definition) is 1. The molecule has 0 fully saturated rings. The van der Waals surface area contributed by atoms with Crippen molar-refractivity contribution in [2.75, 3.05) is 59.7 Å². The molecule has 0 spiro atoms. The van der Waals surface area contributed by atoms with Crippen LogP contribution in [-0.4, -0.2) is 88.7 Å². The molecule has 1 atom stereocenters. The van der Waals surface area contributed by atoms with Crippen LogP contribution < -0.4 is 5.32 Å². The maximum absolute atomic E-state index is 11.8. The van der Waals surface area contributed by atoms with Crippen molar-refractivity contribution in [1.29, 1.82) is 0 Å². The lowest BCUT2D eigenvalue weighted by Crippen LogP contribution is -2.27. The van der Waals surface area contributed by atoms with Crippen molar-refractivity contribution < 1.29 is 28.5 Å². The Morgan fingerprint density at radius 3 is 2.00 bits per heavy atom. The molecule has 0 aliphatic carbocycles. The summed E-state index contributed by atoms with van der Waals surface area (Å²) in [5.74, 6) is -0.328. The second kappa shape index (κ2) is 21.6. The number of likely N-dealkylation sites (N-methyl/N-ethyl adjacent to an activating group) is 1. The van der Waals surface area contributed by atoms with Crippen LogP contribution >= 0.6 is 0 Å². The molecule has 1 unspecified atom stereocenters. The van der Waals surface area contributed by atoms with E-state index in [1.54, 1.807) is 0 Å². The molecule has 0 saturated heterocycles. The van der Waals surface area contributed by atoms with E-state index in [4.69, 9.17) is 18.9 Å². The number of ether oxygens (including phenoxy) is 4. The summed E-state index contributed by atoms with van der Waals surface area (Å²) in [5, 5.41) is 3.18. The average molecular weight is 461 g/mol. The zero-order chi connectivity index (χ0) is 24.0. The van der Waals surface area contributed by atoms with E-state index in [-0.39, 0.29) is 24.1 Å². The molecule has 0 heterocycles. The molecule has 0 radical (unpaired) electrons. The highest BCUT2D eigenvalue weighted by molar-refractivity contribution is 5.69. The smallest absolute Gasteiger partial charge is 0.307 e. The minimum absolute atomic E-state index is 0.157. The fourth-order valence-electron chi connectivity index (χ4n) is 2.68. The van der Waals surface area contributed by atoms with Gasteiger partial charge in [0.25, 0.3) is 0 Å². The zero-order valence-corrected chi connectivity index (χ0v) is 21.2. The Morgan fingerprint density at radius 2 is 1.41 bits per heavy atom. The van der Waals surface area contributed by atoms with E-state index < -0.39 is 0 Å². The van der Waals surface area contributed by atoms with Gasteiger partial charge in [0, 0.05) is 26.2 Å². The average Bonchev–Trinajstić information content (AvgIpc) is 2.75. The van der Waals surface area contributed by atoms with Crippen molar-refractivity contribution in [2.45, 2.75) is 84.8 Å². The number of carbonyl (C=O) groups is 2. The molecule has 0 aliphatic rings. The van der Waals surface area contributed by atoms with E-state index in [2.05, 4.69) is 24.1 Å². The Balaban J connectivity index is 3.40. The predicted molar refractivity (Wildman–Crippen MR) is 127 cm³/mol. The number of nitrogens with zero attached hydrogens (tertiary/aromatic N) is 1. The minimum Gasteiger partial charge on any atom is -0.466 e. The molecule has 0 rings (SSSR count). The summed E-state index contributed by atoms with van der Waals surface area (Å²) in [6.45, 7) is 13.2. The second-order valence-electron chi connectivity index (χ2n) is 8.42. The van der Waals surface area contributed by atoms with Crippen LogP contribution in [0.4, 0.5) is 0 Å². The van der Waals surface area contributed by atoms with Crippen molar-refractivity contribution in [3.8, 4) is 0 Å². The first-order valence-electron chi connectivity index (χ1n) is 12.3. The van der Waals surface area contributed by atoms with Crippen LogP contribution in [0.3, 0.4) is 0 Å². The van der Waals surface area contributed by atoms with Crippen molar-refractivity contribution in [3.05, 3.63) is 0 Å². The molecule has 0 aromatic carbocycles. The van der Waals surface area contributed by atoms with Crippen molar-refractivity contribution in [1.82, 2.24) is 10.2 Å². The van der Waals surface area contributed by atoms with E-state index in [9.17, 15) is 9.59 Å². The SMILES string of the molecule is CCC(C)OCCNCCC(=O)OCCCCCCOC(=O)CCN(C)CCOC(C)C. The minimum atomic E-state index is -0.171. The van der Waals surface area contributed by atoms with Gasteiger partial charge in [-0.15, -0.1) is 0 Å². The van der Waals surface area contributed by atoms with Gasteiger partial charge in [-0.1, -0.05) is 6.92 Å². The van der Waals surface area contributed by atoms with Crippen LogP contribution in [-0.2, 0) is 28.5 Å². The van der Waals surface area contributed by atoms with Gasteiger partial charge in [0.15, 0.2) is 0 Å². The van der Waals surface area contributed by atoms with Gasteiger partial charge >= 0.3 is 11.9 Å². The van der Waals surface area contributed by atoms with Crippen LogP contribution in [0.25, 0.3) is 0 Å². The summed E-state index contributed by atoms with van der Waals surface area (Å²) in [6.07, 6.45) is 5.86. The van der Waals surface area contributed by atoms with E-state index in [1.807, 2.05) is 20.9 Å². The summed E-state index contributed by atoms with van der Waals surface area (Å²) >= 11 is 0. The fraction of sp³-hybridized carbons (Fsp3) is 0.917. The molecule has 32 heavy (non-hydrogen) atoms. The lowest BCUT2D eigenvalue weighted by molar-refractivity contribution is -0.145. The molecule has 190 valence electrons. The predicted octanol–water partition coefficient (Wildman–Crippen LogP) is 3.17. The topological polar surface area (TPSA) is 86.3 Å². The Hall–Kier alpha value is -1.22. The lowest BCUT2D eigenvalue weighted by Gasteiger charge is -2.17. The molecule has 1 N–H and O–H groups in total. The number of unbranched alkanes of at least 4 members (excludes halogenated alkanes) is 3. The maximum Gasteiger partial charge on any atom is 0.307 e. The third-order valence-electron chi connectivity index (χ3n) is 4.95. The van der Waals surface area contributed by atoms with Crippen molar-refractivity contribution in [2.24, 2.45) is 0 Å². The summed E-state index contributed by atoms with van der Waals surface area (Å²) in [5.41, 5.74) is 0. The maximum atomic E-state index is 11.8. The third-order valence-corrected chi connectivity index (χ3v) is 4.95. The summed E-state index contributed by atoms with van der Waals surface area (Å²) in [6, 6.07) is 0. The Kier molecular flexibility index (Phi) is 20.8. The first-order chi connectivity index (χ1) is 15.3. The highest BCUT2D eigenvalue weighted by Gasteiger charge is 2.07. The van der Waals surface area contributed by atoms with Crippen molar-refractivity contribution >= 4 is 11.9 Å². The van der Waals surface area contributed by atoms with Crippen LogP contribution in [0, 0.1) is 0 Å². The molecular weight excluding hydrogens is 412 g/mol. The highest BCUT2D eigenvalue weighted by atomic mass is 16.5. The Morgan fingerprint density at radius 1 is 0.781 bits per heavy atom. The van der Waals surface area contributed by atoms with Gasteiger partial charge in [-0.25, -0.2) is 0 Å². The molecule has 8 heteroatoms. The van der Waals surface area contributed by atoms with E-state index in [0.717, 1.165) is 45.2 Å². The molecule has 8 nitrogen and oxygen atoms in total. The van der Waals surface area contributed by atoms with Crippen LogP contribution in [0.1, 0.15) is 72.6 Å². The van der Waals surface area contributed by atoms with Crippen LogP contribution in [0.2, 0.25) is 0 Å². The monoisotopic (exact) mass is 460 g/mol. The molecule has 0 aromatic rings. The van der Waals surface area contributed by atoms with Gasteiger partial charge in [-0.2, -0.15) is 0 Å². The van der Waals surface area contributed by atoms with E-state index >= 15 is 0 Å². The number of rotatable bonds is 22. The first-order valence-corrected chi connectivity index (χ1v) is 12.3. The summed E-state index contributed by atoms with van der Waals surface area (Å²) < 4.78 is 21.6. The molecular formula is C24H48N2O6. The second-order valence-corrected chi connectivity index (χ2v) is 8.42. The third kappa shape index (κ3) is 22.0. The number of nitrogens with one attached hydrogen (secondary N) is 1. The van der Waals surface area contributed by atoms with Crippen molar-refractivity contribution in [3.63, 3.8) is 0 Å². The molecule has 0 amide bonds. The van der Waals surface area contributed by atoms with E-state index in [0.29, 0.717) is 52.4 Å². The standard InChI is InChI=1S/C24H48N2O6/c1-6-22(4)30-19-14-25-13-11-23(27)31-17-9-7-8-10-18-32-24(28)12-15-26(5)16-20-29-21(2)3/h21-22,25H,6-20H2,1-5H3. The Bertz CT molecular complexity index is 462. The largest absolute Gasteiger partial charge is 0.466 e. The normalized spacial score (nSPS) is 12.3. The summed E-state index contributed by atoms with van der Waals surface area (Å²) in [7, 11) is 1.98. The lowest BCUT2D eigenvalue weighted by atomic mass is 10.2. The van der Waals surface area contributed by atoms with Gasteiger partial charge in [-0.05, 0) is 59.9 Å². The number of esters is 2. The van der Waals surface area contributed by atoms with Gasteiger partial charge in [0.2, 0.25) is 0 Å². The Labute approximate surface area is 195 Å². The number of hydrogen-bond acceptors (Lipinski definition) is 8. The first kappa shape index (κ1) is 30.8.